The van der Waals surface area contributed by atoms with Gasteiger partial charge in [0.1, 0.15) is 11.4 Å². The Bertz CT molecular complexity index is 1000. The van der Waals surface area contributed by atoms with Gasteiger partial charge in [0.25, 0.3) is 11.8 Å². The molecule has 168 valence electrons. The average Bonchev–Trinajstić information content (AvgIpc) is 3.05. The largest absolute Gasteiger partial charge is 0.491 e. The van der Waals surface area contributed by atoms with Gasteiger partial charge in [0.2, 0.25) is 0 Å². The number of aliphatic hydroxyl groups is 1. The van der Waals surface area contributed by atoms with Crippen LogP contribution in [0, 0.1) is 5.92 Å². The first-order valence-corrected chi connectivity index (χ1v) is 11.1. The highest BCUT2D eigenvalue weighted by atomic mass is 16.5. The topological polar surface area (TPSA) is 83.0 Å². The molecule has 1 aromatic heterocycles. The number of benzene rings is 1. The van der Waals surface area contributed by atoms with Crippen molar-refractivity contribution >= 4 is 17.4 Å². The summed E-state index contributed by atoms with van der Waals surface area (Å²) in [6.07, 6.45) is 5.16. The van der Waals surface area contributed by atoms with Crippen molar-refractivity contribution in [1.82, 2.24) is 14.8 Å². The molecule has 1 fully saturated rings. The number of rotatable bonds is 7. The number of likely N-dealkylation sites (tertiary alicyclic amines) is 1. The molecule has 7 heteroatoms. The molecule has 32 heavy (non-hydrogen) atoms. The second-order valence-electron chi connectivity index (χ2n) is 8.61. The van der Waals surface area contributed by atoms with Crippen molar-refractivity contribution in [1.29, 1.82) is 0 Å². The number of imide groups is 1. The second kappa shape index (κ2) is 9.53. The van der Waals surface area contributed by atoms with E-state index in [1.54, 1.807) is 18.5 Å². The maximum atomic E-state index is 13.5. The van der Waals surface area contributed by atoms with Crippen molar-refractivity contribution in [3.05, 3.63) is 65.6 Å². The minimum Gasteiger partial charge on any atom is -0.491 e. The lowest BCUT2D eigenvalue weighted by Gasteiger charge is -2.34. The summed E-state index contributed by atoms with van der Waals surface area (Å²) in [6, 6.07) is 11.0. The summed E-state index contributed by atoms with van der Waals surface area (Å²) in [5.74, 6) is 0.204. The van der Waals surface area contributed by atoms with E-state index in [2.05, 4.69) is 4.98 Å². The number of hydrogen-bond acceptors (Lipinski definition) is 6. The number of aliphatic hydroxyl groups excluding tert-OH is 1. The Morgan fingerprint density at radius 2 is 1.94 bits per heavy atom. The molecule has 1 saturated heterocycles. The van der Waals surface area contributed by atoms with E-state index in [0.717, 1.165) is 18.4 Å². The fourth-order valence-corrected chi connectivity index (χ4v) is 4.32. The van der Waals surface area contributed by atoms with E-state index >= 15 is 0 Å². The molecule has 0 spiro atoms. The summed E-state index contributed by atoms with van der Waals surface area (Å²) in [5.41, 5.74) is 2.32. The van der Waals surface area contributed by atoms with Gasteiger partial charge in [0.05, 0.1) is 18.2 Å². The number of aromatic nitrogens is 1. The zero-order chi connectivity index (χ0) is 22.7. The SMILES string of the molecule is CC(C)Oc1ccc(C2=C(N3CCCC(CO)C3)C(=O)N(Cc3cccnc3)C2=O)cc1. The number of hydrogen-bond donors (Lipinski definition) is 1. The van der Waals surface area contributed by atoms with Crippen LogP contribution >= 0.6 is 0 Å². The predicted octanol–water partition coefficient (Wildman–Crippen LogP) is 2.85. The van der Waals surface area contributed by atoms with Gasteiger partial charge in [0.15, 0.2) is 0 Å². The molecule has 1 atom stereocenters. The Morgan fingerprint density at radius 1 is 1.16 bits per heavy atom. The van der Waals surface area contributed by atoms with Gasteiger partial charge in [-0.25, -0.2) is 0 Å². The van der Waals surface area contributed by atoms with Gasteiger partial charge >= 0.3 is 0 Å². The molecular formula is C25H29N3O4. The molecule has 0 bridgehead atoms. The van der Waals surface area contributed by atoms with Gasteiger partial charge in [-0.1, -0.05) is 18.2 Å². The molecule has 2 aliphatic heterocycles. The molecule has 2 amide bonds. The smallest absolute Gasteiger partial charge is 0.278 e. The normalized spacial score (nSPS) is 19.3. The summed E-state index contributed by atoms with van der Waals surface area (Å²) < 4.78 is 5.73. The Labute approximate surface area is 188 Å². The Hall–Kier alpha value is -3.19. The van der Waals surface area contributed by atoms with E-state index in [1.807, 2.05) is 49.1 Å². The average molecular weight is 436 g/mol. The Kier molecular flexibility index (Phi) is 6.55. The van der Waals surface area contributed by atoms with Crippen molar-refractivity contribution in [3.63, 3.8) is 0 Å². The van der Waals surface area contributed by atoms with E-state index in [9.17, 15) is 14.7 Å². The van der Waals surface area contributed by atoms with Gasteiger partial charge in [0, 0.05) is 32.1 Å². The number of carbonyl (C=O) groups is 2. The minimum absolute atomic E-state index is 0.0454. The molecule has 2 aliphatic rings. The molecule has 1 aromatic carbocycles. The van der Waals surface area contributed by atoms with Crippen LogP contribution in [0.3, 0.4) is 0 Å². The maximum Gasteiger partial charge on any atom is 0.278 e. The monoisotopic (exact) mass is 435 g/mol. The third-order valence-electron chi connectivity index (χ3n) is 5.82. The summed E-state index contributed by atoms with van der Waals surface area (Å²) in [6.45, 7) is 5.40. The zero-order valence-corrected chi connectivity index (χ0v) is 18.5. The van der Waals surface area contributed by atoms with Gasteiger partial charge in [-0.15, -0.1) is 0 Å². The lowest BCUT2D eigenvalue weighted by molar-refractivity contribution is -0.138. The summed E-state index contributed by atoms with van der Waals surface area (Å²) >= 11 is 0. The molecule has 3 heterocycles. The van der Waals surface area contributed by atoms with Gasteiger partial charge in [-0.2, -0.15) is 0 Å². The fraction of sp³-hybridized carbons (Fsp3) is 0.400. The molecule has 1 N–H and O–H groups in total. The summed E-state index contributed by atoms with van der Waals surface area (Å²) in [7, 11) is 0. The van der Waals surface area contributed by atoms with Crippen LogP contribution < -0.4 is 4.74 Å². The van der Waals surface area contributed by atoms with Crippen LogP contribution in [-0.4, -0.2) is 57.5 Å². The lowest BCUT2D eigenvalue weighted by Crippen LogP contribution is -2.40. The quantitative estimate of drug-likeness (QED) is 0.674. The van der Waals surface area contributed by atoms with Crippen LogP contribution in [0.4, 0.5) is 0 Å². The second-order valence-corrected chi connectivity index (χ2v) is 8.61. The summed E-state index contributed by atoms with van der Waals surface area (Å²) in [5, 5.41) is 9.68. The van der Waals surface area contributed by atoms with Crippen LogP contribution in [0.15, 0.2) is 54.5 Å². The maximum absolute atomic E-state index is 13.5. The molecule has 0 aliphatic carbocycles. The third kappa shape index (κ3) is 4.53. The first kappa shape index (κ1) is 22.0. The number of carbonyl (C=O) groups excluding carboxylic acids is 2. The highest BCUT2D eigenvalue weighted by molar-refractivity contribution is 6.35. The van der Waals surface area contributed by atoms with Crippen LogP contribution in [-0.2, 0) is 16.1 Å². The highest BCUT2D eigenvalue weighted by Gasteiger charge is 2.42. The van der Waals surface area contributed by atoms with Gasteiger partial charge < -0.3 is 14.7 Å². The van der Waals surface area contributed by atoms with E-state index in [-0.39, 0.29) is 37.0 Å². The van der Waals surface area contributed by atoms with Crippen molar-refractivity contribution in [3.8, 4) is 5.75 Å². The molecule has 1 unspecified atom stereocenters. The first-order valence-electron chi connectivity index (χ1n) is 11.1. The molecule has 7 nitrogen and oxygen atoms in total. The highest BCUT2D eigenvalue weighted by Crippen LogP contribution is 2.35. The lowest BCUT2D eigenvalue weighted by atomic mass is 9.97. The van der Waals surface area contributed by atoms with Crippen molar-refractivity contribution in [2.75, 3.05) is 19.7 Å². The minimum atomic E-state index is -0.308. The van der Waals surface area contributed by atoms with E-state index in [1.165, 1.54) is 4.90 Å². The first-order chi connectivity index (χ1) is 15.5. The number of nitrogens with zero attached hydrogens (tertiary/aromatic N) is 3. The summed E-state index contributed by atoms with van der Waals surface area (Å²) in [4.78, 5) is 34.4. The van der Waals surface area contributed by atoms with Crippen LogP contribution in [0.2, 0.25) is 0 Å². The van der Waals surface area contributed by atoms with E-state index in [4.69, 9.17) is 4.74 Å². The number of piperidine rings is 1. The number of ether oxygens (including phenoxy) is 1. The molecule has 4 rings (SSSR count). The number of pyridine rings is 1. The van der Waals surface area contributed by atoms with Gasteiger partial charge in [-0.3, -0.25) is 19.5 Å². The van der Waals surface area contributed by atoms with E-state index in [0.29, 0.717) is 35.7 Å². The molecule has 0 radical (unpaired) electrons. The molecular weight excluding hydrogens is 406 g/mol. The van der Waals surface area contributed by atoms with Crippen LogP contribution in [0.25, 0.3) is 5.57 Å². The molecule has 0 saturated carbocycles. The van der Waals surface area contributed by atoms with Crippen molar-refractivity contribution in [2.24, 2.45) is 5.92 Å². The van der Waals surface area contributed by atoms with Crippen molar-refractivity contribution in [2.45, 2.75) is 39.3 Å². The third-order valence-corrected chi connectivity index (χ3v) is 5.82. The predicted molar refractivity (Wildman–Crippen MR) is 120 cm³/mol. The fourth-order valence-electron chi connectivity index (χ4n) is 4.32. The van der Waals surface area contributed by atoms with E-state index < -0.39 is 0 Å². The zero-order valence-electron chi connectivity index (χ0n) is 18.5. The van der Waals surface area contributed by atoms with Crippen LogP contribution in [0.1, 0.15) is 37.8 Å². The van der Waals surface area contributed by atoms with Gasteiger partial charge in [-0.05, 0) is 61.9 Å². The van der Waals surface area contributed by atoms with Crippen LogP contribution in [0.5, 0.6) is 5.75 Å². The molecule has 2 aromatic rings. The number of amides is 2. The Balaban J connectivity index is 1.70. The van der Waals surface area contributed by atoms with Crippen molar-refractivity contribution < 1.29 is 19.4 Å². The standard InChI is InChI=1S/C25H29N3O4/c1-17(2)32-21-9-7-20(8-10-21)22-23(27-12-4-6-19(14-27)16-29)25(31)28(24(22)30)15-18-5-3-11-26-13-18/h3,5,7-11,13,17,19,29H,4,6,12,14-16H2,1-2H3. The Morgan fingerprint density at radius 3 is 2.59 bits per heavy atom.